The van der Waals surface area contributed by atoms with Gasteiger partial charge in [0.1, 0.15) is 0 Å². The number of thioether (sulfide) groups is 1. The van der Waals surface area contributed by atoms with E-state index >= 15 is 0 Å². The molecule has 0 bridgehead atoms. The third-order valence-electron chi connectivity index (χ3n) is 2.34. The van der Waals surface area contributed by atoms with Gasteiger partial charge in [-0.05, 0) is 28.1 Å². The molecule has 11 heteroatoms. The zero-order valence-electron chi connectivity index (χ0n) is 10.5. The first-order valence-electron chi connectivity index (χ1n) is 5.43. The van der Waals surface area contributed by atoms with Crippen LogP contribution in [0.2, 0.25) is 0 Å². The number of aryl methyl sites for hydroxylation is 1. The van der Waals surface area contributed by atoms with Crippen molar-refractivity contribution >= 4 is 43.4 Å². The lowest BCUT2D eigenvalue weighted by atomic mass is 10.3. The molecule has 0 aliphatic heterocycles. The number of nitrogens with one attached hydrogen (secondary N) is 1. The van der Waals surface area contributed by atoms with E-state index in [1.165, 1.54) is 19.2 Å². The van der Waals surface area contributed by atoms with Gasteiger partial charge in [0.05, 0.1) is 5.69 Å². The largest absolute Gasteiger partial charge is 0.288 e. The van der Waals surface area contributed by atoms with Gasteiger partial charge in [-0.2, -0.15) is 17.2 Å². The molecular formula is C10H9BrF2N4O2S2. The smallest absolute Gasteiger partial charge is 0.277 e. The van der Waals surface area contributed by atoms with Crippen LogP contribution in [0.25, 0.3) is 0 Å². The summed E-state index contributed by atoms with van der Waals surface area (Å²) in [4.78, 5) is 0.127. The van der Waals surface area contributed by atoms with Crippen molar-refractivity contribution in [3.05, 3.63) is 28.9 Å². The number of halogens is 3. The minimum absolute atomic E-state index is 0.0384. The zero-order valence-corrected chi connectivity index (χ0v) is 13.7. The van der Waals surface area contributed by atoms with Crippen molar-refractivity contribution in [3.63, 3.8) is 0 Å². The highest BCUT2D eigenvalue weighted by Gasteiger charge is 2.25. The van der Waals surface area contributed by atoms with Gasteiger partial charge in [0, 0.05) is 11.9 Å². The molecule has 1 aromatic carbocycles. The average Bonchev–Trinajstić information content (AvgIpc) is 2.71. The Hall–Kier alpha value is -1.20. The van der Waals surface area contributed by atoms with E-state index in [0.29, 0.717) is 0 Å². The van der Waals surface area contributed by atoms with E-state index in [-0.39, 0.29) is 32.0 Å². The molecule has 21 heavy (non-hydrogen) atoms. The fourth-order valence-corrected chi connectivity index (χ4v) is 4.39. The second-order valence-corrected chi connectivity index (χ2v) is 7.17. The maximum absolute atomic E-state index is 12.5. The lowest BCUT2D eigenvalue weighted by molar-refractivity contribution is 0.252. The van der Waals surface area contributed by atoms with Crippen LogP contribution in [0, 0.1) is 0 Å². The first-order chi connectivity index (χ1) is 9.81. The summed E-state index contributed by atoms with van der Waals surface area (Å²) >= 11 is 3.25. The number of aromatic nitrogens is 3. The Labute approximate surface area is 132 Å². The van der Waals surface area contributed by atoms with Gasteiger partial charge in [0.2, 0.25) is 5.03 Å². The molecule has 114 valence electrons. The molecule has 0 radical (unpaired) electrons. The predicted molar refractivity (Wildman–Crippen MR) is 77.8 cm³/mol. The predicted octanol–water partition coefficient (Wildman–Crippen LogP) is 2.69. The van der Waals surface area contributed by atoms with Crippen LogP contribution in [-0.2, 0) is 17.1 Å². The SMILES string of the molecule is Cn1nnc(Br)c1S(=O)(=O)Nc1ccccc1SC(F)F. The number of benzene rings is 1. The normalized spacial score (nSPS) is 11.9. The van der Waals surface area contributed by atoms with Gasteiger partial charge < -0.3 is 0 Å². The maximum atomic E-state index is 12.5. The Balaban J connectivity index is 2.38. The number of hydrogen-bond donors (Lipinski definition) is 1. The summed E-state index contributed by atoms with van der Waals surface area (Å²) in [6.07, 6.45) is 0. The summed E-state index contributed by atoms with van der Waals surface area (Å²) in [5, 5.41) is 6.96. The van der Waals surface area contributed by atoms with E-state index < -0.39 is 15.8 Å². The van der Waals surface area contributed by atoms with Crippen molar-refractivity contribution in [3.8, 4) is 0 Å². The summed E-state index contributed by atoms with van der Waals surface area (Å²) in [6.45, 7) is 0. The standard InChI is InChI=1S/C10H9BrF2N4O2S2/c1-17-9(8(11)14-16-17)21(18,19)15-6-4-2-3-5-7(6)20-10(12)13/h2-5,10,15H,1H3. The van der Waals surface area contributed by atoms with Gasteiger partial charge in [0.15, 0.2) is 4.60 Å². The lowest BCUT2D eigenvalue weighted by Gasteiger charge is -2.11. The number of alkyl halides is 2. The van der Waals surface area contributed by atoms with Gasteiger partial charge >= 0.3 is 0 Å². The summed E-state index contributed by atoms with van der Waals surface area (Å²) in [5.41, 5.74) is 0.0656. The molecule has 6 nitrogen and oxygen atoms in total. The topological polar surface area (TPSA) is 76.9 Å². The molecule has 0 saturated carbocycles. The van der Waals surface area contributed by atoms with Crippen LogP contribution in [0.15, 0.2) is 38.8 Å². The molecule has 2 aromatic rings. The van der Waals surface area contributed by atoms with Crippen LogP contribution < -0.4 is 4.72 Å². The molecule has 0 amide bonds. The second kappa shape index (κ2) is 6.28. The fraction of sp³-hybridized carbons (Fsp3) is 0.200. The van der Waals surface area contributed by atoms with Crippen molar-refractivity contribution in [2.24, 2.45) is 7.05 Å². The quantitative estimate of drug-likeness (QED) is 0.783. The minimum Gasteiger partial charge on any atom is -0.277 e. The Morgan fingerprint density at radius 3 is 2.62 bits per heavy atom. The van der Waals surface area contributed by atoms with Crippen LogP contribution in [0.5, 0.6) is 0 Å². The number of anilines is 1. The highest BCUT2D eigenvalue weighted by atomic mass is 79.9. The van der Waals surface area contributed by atoms with Crippen molar-refractivity contribution in [1.82, 2.24) is 15.0 Å². The molecule has 0 saturated heterocycles. The van der Waals surface area contributed by atoms with Crippen LogP contribution in [0.1, 0.15) is 0 Å². The van der Waals surface area contributed by atoms with Crippen LogP contribution in [0.4, 0.5) is 14.5 Å². The Morgan fingerprint density at radius 2 is 2.05 bits per heavy atom. The first kappa shape index (κ1) is 16.2. The van der Waals surface area contributed by atoms with E-state index in [0.717, 1.165) is 4.68 Å². The maximum Gasteiger partial charge on any atom is 0.288 e. The van der Waals surface area contributed by atoms with Crippen molar-refractivity contribution in [2.75, 3.05) is 4.72 Å². The molecule has 0 fully saturated rings. The summed E-state index contributed by atoms with van der Waals surface area (Å²) < 4.78 is 53.0. The van der Waals surface area contributed by atoms with E-state index in [4.69, 9.17) is 0 Å². The Kier molecular flexibility index (Phi) is 4.84. The van der Waals surface area contributed by atoms with Gasteiger partial charge in [-0.1, -0.05) is 29.1 Å². The second-order valence-electron chi connectivity index (χ2n) is 3.79. The Morgan fingerprint density at radius 1 is 1.38 bits per heavy atom. The highest BCUT2D eigenvalue weighted by molar-refractivity contribution is 9.10. The van der Waals surface area contributed by atoms with Crippen LogP contribution in [0.3, 0.4) is 0 Å². The molecule has 0 atom stereocenters. The summed E-state index contributed by atoms with van der Waals surface area (Å²) in [7, 11) is -2.60. The molecule has 0 unspecified atom stereocenters. The molecule has 1 N–H and O–H groups in total. The lowest BCUT2D eigenvalue weighted by Crippen LogP contribution is -2.17. The van der Waals surface area contributed by atoms with Crippen LogP contribution in [-0.4, -0.2) is 29.2 Å². The average molecular weight is 399 g/mol. The highest BCUT2D eigenvalue weighted by Crippen LogP contribution is 2.33. The van der Waals surface area contributed by atoms with Crippen LogP contribution >= 0.6 is 27.7 Å². The van der Waals surface area contributed by atoms with Crippen molar-refractivity contribution < 1.29 is 17.2 Å². The number of nitrogens with zero attached hydrogens (tertiary/aromatic N) is 3. The van der Waals surface area contributed by atoms with Crippen molar-refractivity contribution in [1.29, 1.82) is 0 Å². The van der Waals surface area contributed by atoms with E-state index in [1.54, 1.807) is 12.1 Å². The number of para-hydroxylation sites is 1. The molecule has 1 aromatic heterocycles. The molecule has 0 aliphatic carbocycles. The molecule has 0 aliphatic rings. The van der Waals surface area contributed by atoms with Gasteiger partial charge in [-0.3, -0.25) is 4.72 Å². The molecule has 0 spiro atoms. The monoisotopic (exact) mass is 398 g/mol. The third-order valence-corrected chi connectivity index (χ3v) is 5.38. The number of rotatable bonds is 5. The summed E-state index contributed by atoms with van der Waals surface area (Å²) in [5.74, 6) is -2.65. The minimum atomic E-state index is -4.01. The van der Waals surface area contributed by atoms with E-state index in [1.807, 2.05) is 0 Å². The van der Waals surface area contributed by atoms with E-state index in [9.17, 15) is 17.2 Å². The van der Waals surface area contributed by atoms with Gasteiger partial charge in [-0.15, -0.1) is 5.10 Å². The van der Waals surface area contributed by atoms with Gasteiger partial charge in [0.25, 0.3) is 15.8 Å². The zero-order chi connectivity index (χ0) is 15.6. The van der Waals surface area contributed by atoms with Gasteiger partial charge in [-0.25, -0.2) is 4.68 Å². The molecular weight excluding hydrogens is 390 g/mol. The number of sulfonamides is 1. The Bertz CT molecular complexity index is 732. The molecule has 1 heterocycles. The van der Waals surface area contributed by atoms with Crippen molar-refractivity contribution in [2.45, 2.75) is 15.7 Å². The third kappa shape index (κ3) is 3.71. The molecule has 2 rings (SSSR count). The summed E-state index contributed by atoms with van der Waals surface area (Å²) in [6, 6.07) is 5.90. The number of hydrogen-bond acceptors (Lipinski definition) is 5. The van der Waals surface area contributed by atoms with E-state index in [2.05, 4.69) is 31.0 Å². The fourth-order valence-electron chi connectivity index (χ4n) is 1.55. The first-order valence-corrected chi connectivity index (χ1v) is 8.58.